The molecule has 1 atom stereocenters. The van der Waals surface area contributed by atoms with Crippen LogP contribution in [0.15, 0.2) is 42.5 Å². The number of carbonyl (C=O) groups excluding carboxylic acids is 2. The van der Waals surface area contributed by atoms with Crippen LogP contribution in [0.4, 0.5) is 0 Å². The number of hydrogen-bond acceptors (Lipinski definition) is 3. The van der Waals surface area contributed by atoms with Crippen LogP contribution in [0.3, 0.4) is 0 Å². The van der Waals surface area contributed by atoms with Crippen molar-refractivity contribution in [3.63, 3.8) is 0 Å². The fourth-order valence-corrected chi connectivity index (χ4v) is 3.23. The molecule has 0 saturated carbocycles. The van der Waals surface area contributed by atoms with Crippen molar-refractivity contribution in [1.29, 1.82) is 0 Å². The number of carboxylic acid groups (broad SMARTS) is 1. The summed E-state index contributed by atoms with van der Waals surface area (Å²) in [7, 11) is 0. The second-order valence-corrected chi connectivity index (χ2v) is 6.74. The first-order chi connectivity index (χ1) is 12.6. The number of benzene rings is 1. The predicted octanol–water partition coefficient (Wildman–Crippen LogP) is 3.38. The summed E-state index contributed by atoms with van der Waals surface area (Å²) in [6.07, 6.45) is 8.67. The monoisotopic (exact) mass is 357 g/mol. The number of carboxylic acids is 1. The minimum atomic E-state index is -0.759. The van der Waals surface area contributed by atoms with E-state index in [1.54, 1.807) is 6.08 Å². The van der Waals surface area contributed by atoms with E-state index in [1.165, 1.54) is 0 Å². The first kappa shape index (κ1) is 19.9. The Morgan fingerprint density at radius 1 is 1.12 bits per heavy atom. The molecule has 0 aromatic heterocycles. The molecule has 1 fully saturated rings. The molecule has 1 amide bonds. The molecule has 1 saturated heterocycles. The fraction of sp³-hybridized carbons (Fsp3) is 0.476. The van der Waals surface area contributed by atoms with Crippen molar-refractivity contribution >= 4 is 17.7 Å². The molecule has 1 N–H and O–H groups in total. The van der Waals surface area contributed by atoms with E-state index in [1.807, 2.05) is 41.3 Å². The molecule has 1 aromatic rings. The van der Waals surface area contributed by atoms with Crippen molar-refractivity contribution in [2.24, 2.45) is 0 Å². The molecule has 2 rings (SSSR count). The number of hydrogen-bond donors (Lipinski definition) is 1. The second kappa shape index (κ2) is 10.5. The number of rotatable bonds is 11. The zero-order valence-corrected chi connectivity index (χ0v) is 15.1. The third-order valence-electron chi connectivity index (χ3n) is 4.64. The van der Waals surface area contributed by atoms with Crippen LogP contribution >= 0.6 is 0 Å². The summed E-state index contributed by atoms with van der Waals surface area (Å²) in [6.45, 7) is 0.674. The van der Waals surface area contributed by atoms with Crippen LogP contribution in [0.25, 0.3) is 0 Å². The molecule has 0 spiro atoms. The minimum Gasteiger partial charge on any atom is -0.481 e. The highest BCUT2D eigenvalue weighted by Crippen LogP contribution is 2.21. The highest BCUT2D eigenvalue weighted by molar-refractivity contribution is 5.91. The Morgan fingerprint density at radius 3 is 2.58 bits per heavy atom. The summed E-state index contributed by atoms with van der Waals surface area (Å²) < 4.78 is 0. The molecule has 0 radical (unpaired) electrons. The molecule has 0 unspecified atom stereocenters. The van der Waals surface area contributed by atoms with E-state index in [4.69, 9.17) is 5.11 Å². The van der Waals surface area contributed by atoms with Crippen molar-refractivity contribution in [3.05, 3.63) is 48.0 Å². The van der Waals surface area contributed by atoms with Crippen LogP contribution in [0.5, 0.6) is 0 Å². The number of ketones is 1. The Labute approximate surface area is 154 Å². The number of aliphatic carboxylic acids is 1. The maximum atomic E-state index is 12.1. The van der Waals surface area contributed by atoms with E-state index in [9.17, 15) is 14.4 Å². The maximum absolute atomic E-state index is 12.1. The standard InChI is InChI=1S/C21H27NO4/c23-19(16-17-8-4-3-5-9-17)13-11-18-12-14-20(24)22(18)15-7-2-1-6-10-21(25)26/h3-5,8-9,11,13,18H,1-2,6-7,10,12,14-16H2,(H,25,26)/t18-/m0/s1. The van der Waals surface area contributed by atoms with Crippen LogP contribution in [-0.4, -0.2) is 40.3 Å². The number of amides is 1. The van der Waals surface area contributed by atoms with Gasteiger partial charge in [-0.15, -0.1) is 0 Å². The average Bonchev–Trinajstić information content (AvgIpc) is 2.97. The molecule has 1 aliphatic rings. The summed E-state index contributed by atoms with van der Waals surface area (Å²) >= 11 is 0. The summed E-state index contributed by atoms with van der Waals surface area (Å²) in [5.41, 5.74) is 0.989. The van der Waals surface area contributed by atoms with Gasteiger partial charge in [-0.2, -0.15) is 0 Å². The first-order valence-electron chi connectivity index (χ1n) is 9.32. The predicted molar refractivity (Wildman–Crippen MR) is 99.7 cm³/mol. The van der Waals surface area contributed by atoms with E-state index < -0.39 is 5.97 Å². The van der Waals surface area contributed by atoms with Crippen LogP contribution in [0.1, 0.15) is 50.5 Å². The van der Waals surface area contributed by atoms with Crippen molar-refractivity contribution in [3.8, 4) is 0 Å². The third kappa shape index (κ3) is 6.82. The fourth-order valence-electron chi connectivity index (χ4n) is 3.23. The van der Waals surface area contributed by atoms with Crippen molar-refractivity contribution < 1.29 is 19.5 Å². The summed E-state index contributed by atoms with van der Waals surface area (Å²) in [5.74, 6) is -0.574. The first-order valence-corrected chi connectivity index (χ1v) is 9.32. The van der Waals surface area contributed by atoms with Gasteiger partial charge < -0.3 is 10.0 Å². The van der Waals surface area contributed by atoms with Gasteiger partial charge in [0.15, 0.2) is 5.78 Å². The molecule has 1 aromatic carbocycles. The molecule has 140 valence electrons. The molecule has 1 aliphatic heterocycles. The van der Waals surface area contributed by atoms with Gasteiger partial charge in [0.25, 0.3) is 0 Å². The lowest BCUT2D eigenvalue weighted by Crippen LogP contribution is -2.32. The Hall–Kier alpha value is -2.43. The van der Waals surface area contributed by atoms with Gasteiger partial charge in [0, 0.05) is 25.8 Å². The van der Waals surface area contributed by atoms with Gasteiger partial charge in [0.05, 0.1) is 6.04 Å². The molecular formula is C21H27NO4. The average molecular weight is 357 g/mol. The highest BCUT2D eigenvalue weighted by Gasteiger charge is 2.28. The van der Waals surface area contributed by atoms with Gasteiger partial charge in [-0.25, -0.2) is 0 Å². The number of carbonyl (C=O) groups is 3. The largest absolute Gasteiger partial charge is 0.481 e. The van der Waals surface area contributed by atoms with Crippen LogP contribution in [0, 0.1) is 0 Å². The van der Waals surface area contributed by atoms with Crippen molar-refractivity contribution in [1.82, 2.24) is 4.90 Å². The van der Waals surface area contributed by atoms with E-state index in [0.29, 0.717) is 25.8 Å². The summed E-state index contributed by atoms with van der Waals surface area (Å²) in [5, 5.41) is 8.62. The second-order valence-electron chi connectivity index (χ2n) is 6.74. The number of allylic oxidation sites excluding steroid dienone is 1. The van der Waals surface area contributed by atoms with Crippen LogP contribution in [0.2, 0.25) is 0 Å². The van der Waals surface area contributed by atoms with Crippen molar-refractivity contribution in [2.75, 3.05) is 6.54 Å². The molecule has 5 nitrogen and oxygen atoms in total. The Kier molecular flexibility index (Phi) is 8.06. The lowest BCUT2D eigenvalue weighted by molar-refractivity contribution is -0.137. The smallest absolute Gasteiger partial charge is 0.303 e. The van der Waals surface area contributed by atoms with E-state index in [2.05, 4.69) is 0 Å². The Bertz CT molecular complexity index is 639. The van der Waals surface area contributed by atoms with Crippen LogP contribution < -0.4 is 0 Å². The quantitative estimate of drug-likeness (QED) is 0.487. The maximum Gasteiger partial charge on any atom is 0.303 e. The van der Waals surface area contributed by atoms with E-state index in [-0.39, 0.29) is 24.2 Å². The van der Waals surface area contributed by atoms with Gasteiger partial charge >= 0.3 is 5.97 Å². The Morgan fingerprint density at radius 2 is 1.85 bits per heavy atom. The van der Waals surface area contributed by atoms with E-state index in [0.717, 1.165) is 31.2 Å². The molecule has 0 aliphatic carbocycles. The zero-order chi connectivity index (χ0) is 18.8. The molecular weight excluding hydrogens is 330 g/mol. The van der Waals surface area contributed by atoms with Gasteiger partial charge in [0.2, 0.25) is 5.91 Å². The zero-order valence-electron chi connectivity index (χ0n) is 15.1. The SMILES string of the molecule is O=C(O)CCCCCCN1C(=O)CC[C@@H]1C=CC(=O)Cc1ccccc1. The molecule has 5 heteroatoms. The summed E-state index contributed by atoms with van der Waals surface area (Å²) in [6, 6.07) is 9.62. The van der Waals surface area contributed by atoms with Gasteiger partial charge in [-0.05, 0) is 30.9 Å². The lowest BCUT2D eigenvalue weighted by atomic mass is 10.1. The van der Waals surface area contributed by atoms with Gasteiger partial charge in [-0.1, -0.05) is 49.2 Å². The highest BCUT2D eigenvalue weighted by atomic mass is 16.4. The van der Waals surface area contributed by atoms with Crippen LogP contribution in [-0.2, 0) is 20.8 Å². The number of unbranched alkanes of at least 4 members (excludes halogenated alkanes) is 3. The van der Waals surface area contributed by atoms with Gasteiger partial charge in [0.1, 0.15) is 0 Å². The number of nitrogens with zero attached hydrogens (tertiary/aromatic N) is 1. The minimum absolute atomic E-state index is 0.00115. The Balaban J connectivity index is 1.75. The van der Waals surface area contributed by atoms with E-state index >= 15 is 0 Å². The topological polar surface area (TPSA) is 74.7 Å². The molecule has 0 bridgehead atoms. The van der Waals surface area contributed by atoms with Gasteiger partial charge in [-0.3, -0.25) is 14.4 Å². The summed E-state index contributed by atoms with van der Waals surface area (Å²) in [4.78, 5) is 36.5. The molecule has 26 heavy (non-hydrogen) atoms. The third-order valence-corrected chi connectivity index (χ3v) is 4.64. The normalized spacial score (nSPS) is 17.2. The molecule has 1 heterocycles. The lowest BCUT2D eigenvalue weighted by Gasteiger charge is -2.22. The number of likely N-dealkylation sites (tertiary alicyclic amines) is 1. The van der Waals surface area contributed by atoms with Crippen molar-refractivity contribution in [2.45, 2.75) is 57.4 Å².